The molecule has 140 valence electrons. The number of aryl methyl sites for hydroxylation is 1. The number of rotatable bonds is 3. The average Bonchev–Trinajstić information content (AvgIpc) is 2.90. The van der Waals surface area contributed by atoms with Crippen LogP contribution in [0.5, 0.6) is 0 Å². The third-order valence-electron chi connectivity index (χ3n) is 4.80. The first-order valence-corrected chi connectivity index (χ1v) is 9.79. The van der Waals surface area contributed by atoms with E-state index in [-0.39, 0.29) is 24.3 Å². The summed E-state index contributed by atoms with van der Waals surface area (Å²) in [6.45, 7) is 6.14. The second kappa shape index (κ2) is 7.91. The van der Waals surface area contributed by atoms with Gasteiger partial charge in [-0.15, -0.1) is 0 Å². The molecule has 26 heavy (non-hydrogen) atoms. The minimum atomic E-state index is -0.453. The van der Waals surface area contributed by atoms with Gasteiger partial charge in [-0.2, -0.15) is 0 Å². The first-order chi connectivity index (χ1) is 12.4. The number of hydrogen-bond acceptors (Lipinski definition) is 5. The minimum absolute atomic E-state index is 0.169. The van der Waals surface area contributed by atoms with Gasteiger partial charge in [-0.1, -0.05) is 0 Å². The number of piperazine rings is 1. The molecule has 0 spiro atoms. The Balaban J connectivity index is 1.69. The van der Waals surface area contributed by atoms with Gasteiger partial charge in [0.1, 0.15) is 0 Å². The molecule has 0 saturated carbocycles. The largest absolute Gasteiger partial charge is 0.450 e. The van der Waals surface area contributed by atoms with Crippen molar-refractivity contribution in [3.63, 3.8) is 0 Å². The van der Waals surface area contributed by atoms with E-state index in [1.807, 2.05) is 30.0 Å². The molecular formula is C18H22IN3O4. The van der Waals surface area contributed by atoms with E-state index in [1.54, 1.807) is 11.8 Å². The van der Waals surface area contributed by atoms with Crippen molar-refractivity contribution in [2.75, 3.05) is 37.7 Å². The van der Waals surface area contributed by atoms with Crippen LogP contribution in [-0.2, 0) is 14.3 Å². The Labute approximate surface area is 166 Å². The molecule has 1 aromatic carbocycles. The van der Waals surface area contributed by atoms with Crippen LogP contribution in [0.3, 0.4) is 0 Å². The highest BCUT2D eigenvalue weighted by molar-refractivity contribution is 14.1. The lowest BCUT2D eigenvalue weighted by atomic mass is 10.1. The van der Waals surface area contributed by atoms with E-state index in [2.05, 4.69) is 22.6 Å². The van der Waals surface area contributed by atoms with Gasteiger partial charge in [0, 0.05) is 29.7 Å². The van der Waals surface area contributed by atoms with Crippen LogP contribution in [0.1, 0.15) is 18.9 Å². The molecule has 0 aromatic heterocycles. The molecule has 3 amide bonds. The summed E-state index contributed by atoms with van der Waals surface area (Å²) in [7, 11) is 0. The molecule has 7 nitrogen and oxygen atoms in total. The summed E-state index contributed by atoms with van der Waals surface area (Å²) in [5, 5.41) is 0. The maximum absolute atomic E-state index is 12.9. The predicted molar refractivity (Wildman–Crippen MR) is 105 cm³/mol. The number of halogens is 1. The smallest absolute Gasteiger partial charge is 0.409 e. The van der Waals surface area contributed by atoms with Crippen LogP contribution in [-0.4, -0.2) is 66.5 Å². The fourth-order valence-electron chi connectivity index (χ4n) is 3.45. The van der Waals surface area contributed by atoms with Crippen LogP contribution in [0.25, 0.3) is 0 Å². The van der Waals surface area contributed by atoms with E-state index >= 15 is 0 Å². The van der Waals surface area contributed by atoms with E-state index in [0.29, 0.717) is 38.5 Å². The van der Waals surface area contributed by atoms with Gasteiger partial charge in [-0.05, 0) is 60.2 Å². The molecule has 1 aromatic rings. The minimum Gasteiger partial charge on any atom is -0.450 e. The molecule has 0 radical (unpaired) electrons. The third kappa shape index (κ3) is 3.71. The second-order valence-corrected chi connectivity index (χ2v) is 7.69. The topological polar surface area (TPSA) is 70.2 Å². The summed E-state index contributed by atoms with van der Waals surface area (Å²) in [6.07, 6.45) is -0.138. The summed E-state index contributed by atoms with van der Waals surface area (Å²) in [6, 6.07) is 5.23. The third-order valence-corrected chi connectivity index (χ3v) is 5.47. The molecule has 2 aliphatic heterocycles. The average molecular weight is 471 g/mol. The number of carbonyl (C=O) groups is 3. The second-order valence-electron chi connectivity index (χ2n) is 6.44. The summed E-state index contributed by atoms with van der Waals surface area (Å²) >= 11 is 2.21. The van der Waals surface area contributed by atoms with Crippen molar-refractivity contribution in [2.24, 2.45) is 0 Å². The van der Waals surface area contributed by atoms with Crippen LogP contribution in [0.15, 0.2) is 18.2 Å². The lowest BCUT2D eigenvalue weighted by Crippen LogP contribution is -2.54. The summed E-state index contributed by atoms with van der Waals surface area (Å²) < 4.78 is 6.08. The molecule has 0 aliphatic carbocycles. The number of imide groups is 1. The van der Waals surface area contributed by atoms with Crippen molar-refractivity contribution in [2.45, 2.75) is 26.3 Å². The Morgan fingerprint density at radius 2 is 1.92 bits per heavy atom. The van der Waals surface area contributed by atoms with Crippen molar-refractivity contribution in [3.05, 3.63) is 27.3 Å². The lowest BCUT2D eigenvalue weighted by molar-refractivity contribution is -0.123. The van der Waals surface area contributed by atoms with Crippen LogP contribution < -0.4 is 4.90 Å². The zero-order chi connectivity index (χ0) is 18.8. The summed E-state index contributed by atoms with van der Waals surface area (Å²) in [4.78, 5) is 42.2. The van der Waals surface area contributed by atoms with Gasteiger partial charge >= 0.3 is 6.09 Å². The van der Waals surface area contributed by atoms with Crippen molar-refractivity contribution in [1.82, 2.24) is 9.80 Å². The number of ether oxygens (including phenoxy) is 1. The van der Waals surface area contributed by atoms with Crippen molar-refractivity contribution < 1.29 is 19.1 Å². The normalized spacial score (nSPS) is 21.4. The van der Waals surface area contributed by atoms with Gasteiger partial charge in [0.25, 0.3) is 5.91 Å². The van der Waals surface area contributed by atoms with E-state index in [0.717, 1.165) is 9.13 Å². The zero-order valence-corrected chi connectivity index (χ0v) is 17.1. The monoisotopic (exact) mass is 471 g/mol. The molecule has 8 heteroatoms. The van der Waals surface area contributed by atoms with Crippen LogP contribution in [0.4, 0.5) is 10.5 Å². The first kappa shape index (κ1) is 19.1. The van der Waals surface area contributed by atoms with E-state index in [4.69, 9.17) is 4.74 Å². The van der Waals surface area contributed by atoms with Gasteiger partial charge < -0.3 is 9.64 Å². The lowest BCUT2D eigenvalue weighted by Gasteiger charge is -2.36. The summed E-state index contributed by atoms with van der Waals surface area (Å²) in [5.41, 5.74) is 1.57. The Hall–Kier alpha value is -1.68. The Morgan fingerprint density at radius 1 is 1.23 bits per heavy atom. The Morgan fingerprint density at radius 3 is 2.54 bits per heavy atom. The molecule has 3 rings (SSSR count). The number of benzene rings is 1. The fraction of sp³-hybridized carbons (Fsp3) is 0.500. The molecule has 2 aliphatic rings. The van der Waals surface area contributed by atoms with Gasteiger partial charge in [-0.25, -0.2) is 9.69 Å². The van der Waals surface area contributed by atoms with Crippen molar-refractivity contribution >= 4 is 46.2 Å². The van der Waals surface area contributed by atoms with Crippen molar-refractivity contribution in [3.8, 4) is 0 Å². The number of nitrogens with zero attached hydrogens (tertiary/aromatic N) is 3. The Kier molecular flexibility index (Phi) is 5.81. The molecular weight excluding hydrogens is 449 g/mol. The highest BCUT2D eigenvalue weighted by atomic mass is 127. The number of hydrogen-bond donors (Lipinski definition) is 0. The maximum atomic E-state index is 12.9. The number of anilines is 1. The zero-order valence-electron chi connectivity index (χ0n) is 14.9. The van der Waals surface area contributed by atoms with Gasteiger partial charge in [0.15, 0.2) is 0 Å². The van der Waals surface area contributed by atoms with Crippen LogP contribution in [0, 0.1) is 10.5 Å². The molecule has 0 bridgehead atoms. The molecule has 0 unspecified atom stereocenters. The quantitative estimate of drug-likeness (QED) is 0.499. The van der Waals surface area contributed by atoms with Gasteiger partial charge in [0.2, 0.25) is 5.91 Å². The van der Waals surface area contributed by atoms with Crippen LogP contribution in [0.2, 0.25) is 0 Å². The van der Waals surface area contributed by atoms with Crippen molar-refractivity contribution in [1.29, 1.82) is 0 Å². The molecule has 2 saturated heterocycles. The SMILES string of the molecule is CCOC(=O)N1CCN([C@@H]2CC(=O)N(c3ccc(I)cc3C)C2=O)CC1. The fourth-order valence-corrected chi connectivity index (χ4v) is 4.10. The van der Waals surface area contributed by atoms with Crippen LogP contribution >= 0.6 is 22.6 Å². The molecule has 1 atom stereocenters. The van der Waals surface area contributed by atoms with Gasteiger partial charge in [-0.3, -0.25) is 14.5 Å². The first-order valence-electron chi connectivity index (χ1n) is 8.71. The Bertz CT molecular complexity index is 731. The van der Waals surface area contributed by atoms with Gasteiger partial charge in [0.05, 0.1) is 24.8 Å². The van der Waals surface area contributed by atoms with E-state index in [9.17, 15) is 14.4 Å². The highest BCUT2D eigenvalue weighted by Gasteiger charge is 2.44. The number of carbonyl (C=O) groups excluding carboxylic acids is 3. The number of amides is 3. The van der Waals surface area contributed by atoms with E-state index in [1.165, 1.54) is 4.90 Å². The molecule has 2 fully saturated rings. The standard InChI is InChI=1S/C18H22IN3O4/c1-3-26-18(25)21-8-6-20(7-9-21)15-11-16(23)22(17(15)24)14-5-4-13(19)10-12(14)2/h4-5,10,15H,3,6-9,11H2,1-2H3/t15-/m1/s1. The van der Waals surface area contributed by atoms with E-state index < -0.39 is 6.04 Å². The summed E-state index contributed by atoms with van der Waals surface area (Å²) in [5.74, 6) is -0.346. The highest BCUT2D eigenvalue weighted by Crippen LogP contribution is 2.29. The molecule has 0 N–H and O–H groups in total. The molecule has 2 heterocycles. The maximum Gasteiger partial charge on any atom is 0.409 e. The predicted octanol–water partition coefficient (Wildman–Crippen LogP) is 2.01.